The van der Waals surface area contributed by atoms with Crippen molar-refractivity contribution in [3.05, 3.63) is 38.6 Å². The summed E-state index contributed by atoms with van der Waals surface area (Å²) in [5, 5.41) is 10.2. The quantitative estimate of drug-likeness (QED) is 0.821. The van der Waals surface area contributed by atoms with E-state index in [0.717, 1.165) is 33.3 Å². The SMILES string of the molecule is CCc1nc(-c2cc(C)c(O)c(C)c2)nc(Cl)c1Br. The second-order valence-corrected chi connectivity index (χ2v) is 5.56. The van der Waals surface area contributed by atoms with Crippen molar-refractivity contribution in [3.63, 3.8) is 0 Å². The molecule has 0 saturated carbocycles. The van der Waals surface area contributed by atoms with Gasteiger partial charge in [-0.3, -0.25) is 0 Å². The van der Waals surface area contributed by atoms with Crippen molar-refractivity contribution in [1.82, 2.24) is 9.97 Å². The average Bonchev–Trinajstić information content (AvgIpc) is 2.38. The predicted octanol–water partition coefficient (Wildman–Crippen LogP) is 4.44. The van der Waals surface area contributed by atoms with E-state index in [-0.39, 0.29) is 0 Å². The maximum atomic E-state index is 9.80. The van der Waals surface area contributed by atoms with E-state index in [1.54, 1.807) is 0 Å². The number of aryl methyl sites for hydroxylation is 3. The van der Waals surface area contributed by atoms with E-state index in [2.05, 4.69) is 25.9 Å². The van der Waals surface area contributed by atoms with Gasteiger partial charge >= 0.3 is 0 Å². The van der Waals surface area contributed by atoms with Crippen LogP contribution in [0.2, 0.25) is 5.15 Å². The van der Waals surface area contributed by atoms with E-state index >= 15 is 0 Å². The van der Waals surface area contributed by atoms with Gasteiger partial charge in [-0.15, -0.1) is 0 Å². The highest BCUT2D eigenvalue weighted by Crippen LogP contribution is 2.30. The number of aromatic nitrogens is 2. The van der Waals surface area contributed by atoms with Crippen LogP contribution >= 0.6 is 27.5 Å². The first-order valence-electron chi connectivity index (χ1n) is 5.96. The molecule has 5 heteroatoms. The Hall–Kier alpha value is -1.13. The minimum Gasteiger partial charge on any atom is -0.507 e. The van der Waals surface area contributed by atoms with Gasteiger partial charge in [-0.05, 0) is 59.5 Å². The molecule has 1 aromatic heterocycles. The molecule has 0 atom stereocenters. The van der Waals surface area contributed by atoms with Gasteiger partial charge in [0.2, 0.25) is 0 Å². The maximum absolute atomic E-state index is 9.80. The number of nitrogens with zero attached hydrogens (tertiary/aromatic N) is 2. The van der Waals surface area contributed by atoms with Crippen molar-refractivity contribution in [2.45, 2.75) is 27.2 Å². The number of hydrogen-bond acceptors (Lipinski definition) is 3. The number of aromatic hydroxyl groups is 1. The molecule has 0 unspecified atom stereocenters. The van der Waals surface area contributed by atoms with E-state index < -0.39 is 0 Å². The van der Waals surface area contributed by atoms with Gasteiger partial charge in [-0.25, -0.2) is 9.97 Å². The number of phenolic OH excluding ortho intramolecular Hbond substituents is 1. The lowest BCUT2D eigenvalue weighted by Gasteiger charge is -2.09. The van der Waals surface area contributed by atoms with Gasteiger partial charge in [-0.1, -0.05) is 18.5 Å². The molecule has 0 fully saturated rings. The van der Waals surface area contributed by atoms with Crippen LogP contribution in [0.3, 0.4) is 0 Å². The summed E-state index contributed by atoms with van der Waals surface area (Å²) in [6.07, 6.45) is 0.770. The van der Waals surface area contributed by atoms with Gasteiger partial charge in [0.05, 0.1) is 10.2 Å². The van der Waals surface area contributed by atoms with Gasteiger partial charge in [0, 0.05) is 5.56 Å². The van der Waals surface area contributed by atoms with Crippen molar-refractivity contribution in [3.8, 4) is 17.1 Å². The Kier molecular flexibility index (Phi) is 4.11. The zero-order valence-electron chi connectivity index (χ0n) is 11.0. The summed E-state index contributed by atoms with van der Waals surface area (Å²) < 4.78 is 0.743. The second-order valence-electron chi connectivity index (χ2n) is 4.41. The third kappa shape index (κ3) is 2.74. The third-order valence-electron chi connectivity index (χ3n) is 2.96. The first-order valence-corrected chi connectivity index (χ1v) is 7.13. The topological polar surface area (TPSA) is 46.0 Å². The summed E-state index contributed by atoms with van der Waals surface area (Å²) >= 11 is 9.50. The fourth-order valence-electron chi connectivity index (χ4n) is 1.91. The Balaban J connectivity index is 2.62. The number of benzene rings is 1. The van der Waals surface area contributed by atoms with Crippen LogP contribution in [-0.2, 0) is 6.42 Å². The molecule has 19 heavy (non-hydrogen) atoms. The van der Waals surface area contributed by atoms with Crippen LogP contribution < -0.4 is 0 Å². The highest BCUT2D eigenvalue weighted by atomic mass is 79.9. The monoisotopic (exact) mass is 340 g/mol. The summed E-state index contributed by atoms with van der Waals surface area (Å²) in [6.45, 7) is 5.72. The minimum absolute atomic E-state index is 0.308. The normalized spacial score (nSPS) is 10.8. The average molecular weight is 342 g/mol. The Morgan fingerprint density at radius 1 is 1.21 bits per heavy atom. The fraction of sp³-hybridized carbons (Fsp3) is 0.286. The molecular formula is C14H14BrClN2O. The number of rotatable bonds is 2. The summed E-state index contributed by atoms with van der Waals surface area (Å²) in [6, 6.07) is 3.72. The van der Waals surface area contributed by atoms with Gasteiger partial charge in [0.15, 0.2) is 5.82 Å². The van der Waals surface area contributed by atoms with E-state index in [1.807, 2.05) is 32.9 Å². The van der Waals surface area contributed by atoms with Crippen molar-refractivity contribution >= 4 is 27.5 Å². The van der Waals surface area contributed by atoms with Crippen LogP contribution in [0.5, 0.6) is 5.75 Å². The Labute approximate surface area is 125 Å². The molecule has 0 amide bonds. The molecular weight excluding hydrogens is 328 g/mol. The van der Waals surface area contributed by atoms with Crippen molar-refractivity contribution in [1.29, 1.82) is 0 Å². The molecule has 1 N–H and O–H groups in total. The zero-order valence-corrected chi connectivity index (χ0v) is 13.3. The van der Waals surface area contributed by atoms with Crippen molar-refractivity contribution < 1.29 is 5.11 Å². The Morgan fingerprint density at radius 2 is 1.79 bits per heavy atom. The van der Waals surface area contributed by atoms with Crippen molar-refractivity contribution in [2.24, 2.45) is 0 Å². The zero-order chi connectivity index (χ0) is 14.2. The van der Waals surface area contributed by atoms with Crippen LogP contribution in [0, 0.1) is 13.8 Å². The molecule has 0 aliphatic heterocycles. The summed E-state index contributed by atoms with van der Waals surface area (Å²) in [5.41, 5.74) is 3.33. The summed E-state index contributed by atoms with van der Waals surface area (Å²) in [4.78, 5) is 8.80. The molecule has 0 radical (unpaired) electrons. The lowest BCUT2D eigenvalue weighted by Crippen LogP contribution is -1.98. The fourth-order valence-corrected chi connectivity index (χ4v) is 2.56. The molecule has 0 spiro atoms. The lowest BCUT2D eigenvalue weighted by atomic mass is 10.1. The molecule has 0 aliphatic rings. The molecule has 0 aliphatic carbocycles. The Bertz CT molecular complexity index is 621. The molecule has 2 rings (SSSR count). The molecule has 0 saturated heterocycles. The Morgan fingerprint density at radius 3 is 2.32 bits per heavy atom. The maximum Gasteiger partial charge on any atom is 0.161 e. The minimum atomic E-state index is 0.308. The third-order valence-corrected chi connectivity index (χ3v) is 4.30. The predicted molar refractivity (Wildman–Crippen MR) is 80.7 cm³/mol. The molecule has 3 nitrogen and oxygen atoms in total. The van der Waals surface area contributed by atoms with Crippen molar-refractivity contribution in [2.75, 3.05) is 0 Å². The first kappa shape index (κ1) is 14.3. The van der Waals surface area contributed by atoms with Gasteiger partial charge in [0.25, 0.3) is 0 Å². The number of hydrogen-bond donors (Lipinski definition) is 1. The smallest absolute Gasteiger partial charge is 0.161 e. The van der Waals surface area contributed by atoms with Crippen LogP contribution in [0.15, 0.2) is 16.6 Å². The second kappa shape index (κ2) is 5.47. The highest BCUT2D eigenvalue weighted by Gasteiger charge is 2.12. The van der Waals surface area contributed by atoms with Crippen LogP contribution in [0.4, 0.5) is 0 Å². The van der Waals surface area contributed by atoms with Crippen LogP contribution in [0.1, 0.15) is 23.7 Å². The first-order chi connectivity index (χ1) is 8.93. The molecule has 1 heterocycles. The number of halogens is 2. The lowest BCUT2D eigenvalue weighted by molar-refractivity contribution is 0.467. The van der Waals surface area contributed by atoms with Gasteiger partial charge in [-0.2, -0.15) is 0 Å². The largest absolute Gasteiger partial charge is 0.507 e. The molecule has 1 aromatic carbocycles. The summed E-state index contributed by atoms with van der Waals surface area (Å²) in [7, 11) is 0. The molecule has 100 valence electrons. The van der Waals surface area contributed by atoms with E-state index in [1.165, 1.54) is 0 Å². The van der Waals surface area contributed by atoms with Gasteiger partial charge < -0.3 is 5.11 Å². The van der Waals surface area contributed by atoms with Crippen LogP contribution in [0.25, 0.3) is 11.4 Å². The van der Waals surface area contributed by atoms with E-state index in [0.29, 0.717) is 16.7 Å². The van der Waals surface area contributed by atoms with Crippen LogP contribution in [-0.4, -0.2) is 15.1 Å². The van der Waals surface area contributed by atoms with E-state index in [9.17, 15) is 5.11 Å². The van der Waals surface area contributed by atoms with E-state index in [4.69, 9.17) is 11.6 Å². The standard InChI is InChI=1S/C14H14BrClN2O/c1-4-10-11(15)13(16)18-14(17-10)9-5-7(2)12(19)8(3)6-9/h5-6,19H,4H2,1-3H3. The number of phenols is 1. The molecule has 0 bridgehead atoms. The summed E-state index contributed by atoms with van der Waals surface area (Å²) in [5.74, 6) is 0.888. The highest BCUT2D eigenvalue weighted by molar-refractivity contribution is 9.10. The molecule has 2 aromatic rings. The van der Waals surface area contributed by atoms with Gasteiger partial charge in [0.1, 0.15) is 10.9 Å².